The van der Waals surface area contributed by atoms with Gasteiger partial charge in [-0.25, -0.2) is 0 Å². The molecule has 186 valence electrons. The summed E-state index contributed by atoms with van der Waals surface area (Å²) in [4.78, 5) is 28.7. The number of esters is 1. The number of ether oxygens (including phenoxy) is 1. The predicted molar refractivity (Wildman–Crippen MR) is 139 cm³/mol. The van der Waals surface area contributed by atoms with Crippen molar-refractivity contribution >= 4 is 28.2 Å². The van der Waals surface area contributed by atoms with Crippen LogP contribution in [0.3, 0.4) is 0 Å². The number of anilines is 1. The zero-order chi connectivity index (χ0) is 24.9. The van der Waals surface area contributed by atoms with Gasteiger partial charge in [-0.2, -0.15) is 0 Å². The van der Waals surface area contributed by atoms with Crippen LogP contribution in [0.4, 0.5) is 5.00 Å². The molecule has 1 aliphatic heterocycles. The number of hydrogen-bond acceptors (Lipinski definition) is 6. The molecule has 3 heterocycles. The number of benzene rings is 1. The fourth-order valence-corrected chi connectivity index (χ4v) is 5.65. The van der Waals surface area contributed by atoms with E-state index in [2.05, 4.69) is 61.3 Å². The molecule has 2 aromatic heterocycles. The van der Waals surface area contributed by atoms with E-state index in [1.165, 1.54) is 17.4 Å². The average Bonchev–Trinajstić information content (AvgIpc) is 3.51. The summed E-state index contributed by atoms with van der Waals surface area (Å²) in [5.41, 5.74) is 3.54. The molecule has 3 aromatic rings. The Kier molecular flexibility index (Phi) is 8.08. The molecule has 0 bridgehead atoms. The summed E-state index contributed by atoms with van der Waals surface area (Å²) < 4.78 is 10.6. The molecule has 1 amide bonds. The number of nitrogens with zero attached hydrogens (tertiary/aromatic N) is 1. The average molecular weight is 495 g/mol. The van der Waals surface area contributed by atoms with Gasteiger partial charge in [0.25, 0.3) is 5.91 Å². The Hall–Kier alpha value is -2.90. The Balaban J connectivity index is 1.65. The zero-order valence-electron chi connectivity index (χ0n) is 20.9. The number of piperidine rings is 1. The monoisotopic (exact) mass is 494 g/mol. The smallest absolute Gasteiger partial charge is 0.309 e. The first-order chi connectivity index (χ1) is 16.9. The number of furan rings is 1. The van der Waals surface area contributed by atoms with E-state index in [0.29, 0.717) is 12.5 Å². The van der Waals surface area contributed by atoms with Crippen LogP contribution in [0.25, 0.3) is 0 Å². The van der Waals surface area contributed by atoms with Crippen LogP contribution in [0, 0.1) is 12.8 Å². The van der Waals surface area contributed by atoms with Gasteiger partial charge in [0.05, 0.1) is 24.8 Å². The summed E-state index contributed by atoms with van der Waals surface area (Å²) in [5.74, 6) is 0.331. The van der Waals surface area contributed by atoms with Crippen molar-refractivity contribution in [3.63, 3.8) is 0 Å². The maximum absolute atomic E-state index is 12.8. The molecule has 6 nitrogen and oxygen atoms in total. The molecular formula is C28H34N2O4S. The predicted octanol–water partition coefficient (Wildman–Crippen LogP) is 6.39. The van der Waals surface area contributed by atoms with Crippen LogP contribution in [0.2, 0.25) is 0 Å². The largest absolute Gasteiger partial charge is 0.466 e. The lowest BCUT2D eigenvalue weighted by molar-refractivity contribution is -0.149. The molecule has 1 aromatic carbocycles. The van der Waals surface area contributed by atoms with Crippen LogP contribution in [0.5, 0.6) is 0 Å². The van der Waals surface area contributed by atoms with Gasteiger partial charge in [0.2, 0.25) is 0 Å². The number of amides is 1. The van der Waals surface area contributed by atoms with Crippen LogP contribution >= 0.6 is 11.3 Å². The molecule has 7 heteroatoms. The molecule has 1 fully saturated rings. The summed E-state index contributed by atoms with van der Waals surface area (Å²) in [7, 11) is 0. The van der Waals surface area contributed by atoms with Crippen LogP contribution < -0.4 is 5.32 Å². The number of carbonyl (C=O) groups excluding carboxylic acids is 2. The van der Waals surface area contributed by atoms with Gasteiger partial charge in [0, 0.05) is 10.4 Å². The minimum atomic E-state index is -0.256. The minimum Gasteiger partial charge on any atom is -0.466 e. The molecule has 1 atom stereocenters. The van der Waals surface area contributed by atoms with Crippen molar-refractivity contribution in [2.24, 2.45) is 5.92 Å². The maximum Gasteiger partial charge on any atom is 0.309 e. The highest BCUT2D eigenvalue weighted by Gasteiger charge is 2.33. The van der Waals surface area contributed by atoms with Gasteiger partial charge < -0.3 is 14.5 Å². The Morgan fingerprint density at radius 1 is 1.14 bits per heavy atom. The molecule has 0 spiro atoms. The fourth-order valence-electron chi connectivity index (χ4n) is 4.71. The van der Waals surface area contributed by atoms with Crippen molar-refractivity contribution in [3.05, 3.63) is 76.1 Å². The third-order valence-corrected chi connectivity index (χ3v) is 7.57. The van der Waals surface area contributed by atoms with Gasteiger partial charge in [0.15, 0.2) is 5.76 Å². The second kappa shape index (κ2) is 11.2. The Morgan fingerprint density at radius 2 is 1.83 bits per heavy atom. The molecule has 1 aliphatic rings. The highest BCUT2D eigenvalue weighted by molar-refractivity contribution is 7.16. The van der Waals surface area contributed by atoms with Crippen LogP contribution in [-0.4, -0.2) is 36.5 Å². The number of thiophene rings is 1. The minimum absolute atomic E-state index is 0.0313. The first kappa shape index (κ1) is 25.2. The van der Waals surface area contributed by atoms with Crippen molar-refractivity contribution in [1.29, 1.82) is 0 Å². The van der Waals surface area contributed by atoms with E-state index >= 15 is 0 Å². The molecule has 0 radical (unpaired) electrons. The summed E-state index contributed by atoms with van der Waals surface area (Å²) >= 11 is 1.57. The third kappa shape index (κ3) is 5.85. The second-order valence-electron chi connectivity index (χ2n) is 9.36. The summed E-state index contributed by atoms with van der Waals surface area (Å²) in [6.45, 7) is 10.3. The highest BCUT2D eigenvalue weighted by Crippen LogP contribution is 2.41. The number of likely N-dealkylation sites (tertiary alicyclic amines) is 1. The number of aryl methyl sites for hydroxylation is 1. The van der Waals surface area contributed by atoms with E-state index in [-0.39, 0.29) is 29.6 Å². The van der Waals surface area contributed by atoms with Crippen molar-refractivity contribution < 1.29 is 18.7 Å². The quantitative estimate of drug-likeness (QED) is 0.367. The van der Waals surface area contributed by atoms with E-state index in [4.69, 9.17) is 9.15 Å². The molecule has 0 aliphatic carbocycles. The van der Waals surface area contributed by atoms with Gasteiger partial charge in [0.1, 0.15) is 5.00 Å². The molecule has 1 N–H and O–H groups in total. The Labute approximate surface area is 211 Å². The third-order valence-electron chi connectivity index (χ3n) is 6.58. The summed E-state index contributed by atoms with van der Waals surface area (Å²) in [6, 6.07) is 14.3. The molecule has 1 saturated heterocycles. The summed E-state index contributed by atoms with van der Waals surface area (Å²) in [5, 5.41) is 3.91. The SMILES string of the molecule is CCOC(=O)C1CCN([C@@H](c2ccc(C(C)C)cc2)c2cc(C)sc2NC(=O)c2ccco2)CC1. The second-order valence-corrected chi connectivity index (χ2v) is 10.6. The number of carbonyl (C=O) groups is 2. The van der Waals surface area contributed by atoms with E-state index < -0.39 is 0 Å². The van der Waals surface area contributed by atoms with E-state index in [1.54, 1.807) is 23.5 Å². The normalized spacial score (nSPS) is 15.8. The Bertz CT molecular complexity index is 1130. The maximum atomic E-state index is 12.8. The number of rotatable bonds is 8. The van der Waals surface area contributed by atoms with Crippen LogP contribution in [0.15, 0.2) is 53.1 Å². The molecular weight excluding hydrogens is 460 g/mol. The van der Waals surface area contributed by atoms with Gasteiger partial charge in [-0.3, -0.25) is 14.5 Å². The zero-order valence-corrected chi connectivity index (χ0v) is 21.7. The van der Waals surface area contributed by atoms with E-state index in [0.717, 1.165) is 41.4 Å². The summed E-state index contributed by atoms with van der Waals surface area (Å²) in [6.07, 6.45) is 3.02. The fraction of sp³-hybridized carbons (Fsp3) is 0.429. The molecule has 35 heavy (non-hydrogen) atoms. The van der Waals surface area contributed by atoms with Crippen molar-refractivity contribution in [3.8, 4) is 0 Å². The van der Waals surface area contributed by atoms with Crippen LogP contribution in [0.1, 0.15) is 77.7 Å². The van der Waals surface area contributed by atoms with Crippen molar-refractivity contribution in [2.45, 2.75) is 52.5 Å². The standard InChI is InChI=1S/C28H34N2O4S/c1-5-33-28(32)22-12-14-30(15-13-22)25(21-10-8-20(9-11-21)18(2)3)23-17-19(4)35-27(23)29-26(31)24-7-6-16-34-24/h6-11,16-18,22,25H,5,12-15H2,1-4H3,(H,29,31)/t25-/m0/s1. The van der Waals surface area contributed by atoms with Gasteiger partial charge in [-0.05, 0) is 75.0 Å². The van der Waals surface area contributed by atoms with Crippen molar-refractivity contribution in [2.75, 3.05) is 25.0 Å². The first-order valence-electron chi connectivity index (χ1n) is 12.3. The van der Waals surface area contributed by atoms with Gasteiger partial charge >= 0.3 is 5.97 Å². The van der Waals surface area contributed by atoms with Gasteiger partial charge in [-0.1, -0.05) is 38.1 Å². The lowest BCUT2D eigenvalue weighted by Gasteiger charge is -2.37. The van der Waals surface area contributed by atoms with E-state index in [9.17, 15) is 9.59 Å². The van der Waals surface area contributed by atoms with Gasteiger partial charge in [-0.15, -0.1) is 11.3 Å². The number of hydrogen-bond donors (Lipinski definition) is 1. The molecule has 4 rings (SSSR count). The Morgan fingerprint density at radius 3 is 2.43 bits per heavy atom. The van der Waals surface area contributed by atoms with Crippen molar-refractivity contribution in [1.82, 2.24) is 4.90 Å². The lowest BCUT2D eigenvalue weighted by atomic mass is 9.90. The van der Waals surface area contributed by atoms with Crippen LogP contribution in [-0.2, 0) is 9.53 Å². The first-order valence-corrected chi connectivity index (χ1v) is 13.1. The van der Waals surface area contributed by atoms with E-state index in [1.807, 2.05) is 6.92 Å². The topological polar surface area (TPSA) is 71.8 Å². The lowest BCUT2D eigenvalue weighted by Crippen LogP contribution is -2.39. The molecule has 0 saturated carbocycles. The number of nitrogens with one attached hydrogen (secondary N) is 1. The molecule has 0 unspecified atom stereocenters. The highest BCUT2D eigenvalue weighted by atomic mass is 32.1.